The van der Waals surface area contributed by atoms with Crippen molar-refractivity contribution in [3.63, 3.8) is 0 Å². The molecule has 0 saturated heterocycles. The number of carboxylic acid groups (broad SMARTS) is 1. The van der Waals surface area contributed by atoms with Crippen LogP contribution in [0.25, 0.3) is 0 Å². The predicted molar refractivity (Wildman–Crippen MR) is 82.1 cm³/mol. The molecular formula is C17H17F5O6. The molecule has 0 aliphatic rings. The van der Waals surface area contributed by atoms with Gasteiger partial charge in [0.2, 0.25) is 5.82 Å². The maximum atomic E-state index is 13.6. The lowest BCUT2D eigenvalue weighted by Gasteiger charge is -2.32. The van der Waals surface area contributed by atoms with Gasteiger partial charge in [-0.1, -0.05) is 6.92 Å². The van der Waals surface area contributed by atoms with Gasteiger partial charge in [0.25, 0.3) is 0 Å². The molecule has 0 aromatic heterocycles. The molecule has 0 spiro atoms. The zero-order chi connectivity index (χ0) is 22.0. The number of hydrogen-bond acceptors (Lipinski definition) is 5. The maximum absolute atomic E-state index is 13.6. The van der Waals surface area contributed by atoms with Crippen LogP contribution in [0.15, 0.2) is 0 Å². The van der Waals surface area contributed by atoms with E-state index in [1.165, 1.54) is 6.92 Å². The van der Waals surface area contributed by atoms with Crippen molar-refractivity contribution in [3.05, 3.63) is 34.6 Å². The molecular weight excluding hydrogens is 395 g/mol. The van der Waals surface area contributed by atoms with Crippen molar-refractivity contribution in [1.29, 1.82) is 0 Å². The van der Waals surface area contributed by atoms with E-state index in [1.54, 1.807) is 0 Å². The third kappa shape index (κ3) is 4.23. The molecule has 0 aliphatic heterocycles. The van der Waals surface area contributed by atoms with Gasteiger partial charge in [0.1, 0.15) is 6.61 Å². The zero-order valence-electron chi connectivity index (χ0n) is 15.2. The highest BCUT2D eigenvalue weighted by molar-refractivity contribution is 5.88. The zero-order valence-corrected chi connectivity index (χ0v) is 15.2. The summed E-state index contributed by atoms with van der Waals surface area (Å²) in [7, 11) is 1.01. The Balaban J connectivity index is 3.16. The van der Waals surface area contributed by atoms with Crippen molar-refractivity contribution in [2.45, 2.75) is 27.4 Å². The van der Waals surface area contributed by atoms with Crippen LogP contribution >= 0.6 is 0 Å². The highest BCUT2D eigenvalue weighted by atomic mass is 19.2. The Bertz CT molecular complexity index is 779. The summed E-state index contributed by atoms with van der Waals surface area (Å²) in [6.07, 6.45) is 0. The van der Waals surface area contributed by atoms with E-state index in [0.717, 1.165) is 21.0 Å². The standard InChI is InChI=1S/C17H17F5O6/c1-6(15(25)27-4)8(14(23)24)17(2,3)16(26)28-5-7-9(18)11(20)13(22)12(21)10(7)19/h6,8H,5H2,1-4H3,(H,23,24). The van der Waals surface area contributed by atoms with Gasteiger partial charge in [-0.2, -0.15) is 0 Å². The van der Waals surface area contributed by atoms with E-state index in [0.29, 0.717) is 0 Å². The second kappa shape index (κ2) is 8.53. The number of ether oxygens (including phenoxy) is 2. The van der Waals surface area contributed by atoms with Gasteiger partial charge in [0.15, 0.2) is 23.3 Å². The maximum Gasteiger partial charge on any atom is 0.312 e. The Hall–Kier alpha value is -2.72. The fourth-order valence-electron chi connectivity index (χ4n) is 2.70. The fraction of sp³-hybridized carbons (Fsp3) is 0.471. The van der Waals surface area contributed by atoms with Gasteiger partial charge < -0.3 is 14.6 Å². The van der Waals surface area contributed by atoms with Gasteiger partial charge in [0.05, 0.1) is 29.9 Å². The number of benzene rings is 1. The number of carboxylic acids is 1. The molecule has 1 N–H and O–H groups in total. The molecule has 0 saturated carbocycles. The van der Waals surface area contributed by atoms with E-state index < -0.39 is 76.4 Å². The highest BCUT2D eigenvalue weighted by Gasteiger charge is 2.48. The Morgan fingerprint density at radius 2 is 1.39 bits per heavy atom. The molecule has 0 heterocycles. The fourth-order valence-corrected chi connectivity index (χ4v) is 2.70. The van der Waals surface area contributed by atoms with E-state index >= 15 is 0 Å². The second-order valence-electron chi connectivity index (χ2n) is 6.47. The van der Waals surface area contributed by atoms with Crippen molar-refractivity contribution in [2.75, 3.05) is 7.11 Å². The van der Waals surface area contributed by atoms with Crippen molar-refractivity contribution in [3.8, 4) is 0 Å². The summed E-state index contributed by atoms with van der Waals surface area (Å²) >= 11 is 0. The minimum atomic E-state index is -2.37. The summed E-state index contributed by atoms with van der Waals surface area (Å²) in [5.74, 6) is -18.0. The van der Waals surface area contributed by atoms with Crippen LogP contribution in [0.4, 0.5) is 22.0 Å². The van der Waals surface area contributed by atoms with E-state index in [9.17, 15) is 41.4 Å². The minimum absolute atomic E-state index is 0.937. The Kier molecular flexibility index (Phi) is 7.10. The van der Waals surface area contributed by atoms with Crippen LogP contribution < -0.4 is 0 Å². The highest BCUT2D eigenvalue weighted by Crippen LogP contribution is 2.35. The molecule has 6 nitrogen and oxygen atoms in total. The molecule has 0 amide bonds. The van der Waals surface area contributed by atoms with Gasteiger partial charge in [-0.05, 0) is 13.8 Å². The van der Waals surface area contributed by atoms with Gasteiger partial charge in [-0.3, -0.25) is 14.4 Å². The summed E-state index contributed by atoms with van der Waals surface area (Å²) in [6.45, 7) is 2.02. The molecule has 2 atom stereocenters. The number of methoxy groups -OCH3 is 1. The first-order valence-electron chi connectivity index (χ1n) is 7.77. The van der Waals surface area contributed by atoms with E-state index in [-0.39, 0.29) is 0 Å². The van der Waals surface area contributed by atoms with Crippen molar-refractivity contribution in [2.24, 2.45) is 17.3 Å². The van der Waals surface area contributed by atoms with Crippen LogP contribution in [0.5, 0.6) is 0 Å². The lowest BCUT2D eigenvalue weighted by Crippen LogP contribution is -2.44. The summed E-state index contributed by atoms with van der Waals surface area (Å²) in [6, 6.07) is 0. The quantitative estimate of drug-likeness (QED) is 0.321. The smallest absolute Gasteiger partial charge is 0.312 e. The predicted octanol–water partition coefficient (Wildman–Crippen LogP) is 2.96. The average Bonchev–Trinajstić information content (AvgIpc) is 2.63. The number of rotatable bonds is 7. The first-order chi connectivity index (χ1) is 12.8. The van der Waals surface area contributed by atoms with Gasteiger partial charge >= 0.3 is 17.9 Å². The Morgan fingerprint density at radius 1 is 0.964 bits per heavy atom. The second-order valence-corrected chi connectivity index (χ2v) is 6.47. The molecule has 1 aromatic rings. The largest absolute Gasteiger partial charge is 0.481 e. The third-order valence-corrected chi connectivity index (χ3v) is 4.29. The topological polar surface area (TPSA) is 89.9 Å². The monoisotopic (exact) mass is 412 g/mol. The molecule has 1 rings (SSSR count). The summed E-state index contributed by atoms with van der Waals surface area (Å²) < 4.78 is 75.8. The van der Waals surface area contributed by atoms with Crippen LogP contribution in [0.1, 0.15) is 26.3 Å². The molecule has 0 bridgehead atoms. The van der Waals surface area contributed by atoms with Gasteiger partial charge in [-0.25, -0.2) is 22.0 Å². The number of aliphatic carboxylic acids is 1. The first-order valence-corrected chi connectivity index (χ1v) is 7.77. The minimum Gasteiger partial charge on any atom is -0.481 e. The van der Waals surface area contributed by atoms with Crippen LogP contribution in [0, 0.1) is 46.3 Å². The van der Waals surface area contributed by atoms with Crippen molar-refractivity contribution < 1.29 is 50.9 Å². The molecule has 2 unspecified atom stereocenters. The SMILES string of the molecule is COC(=O)C(C)C(C(=O)O)C(C)(C)C(=O)OCc1c(F)c(F)c(F)c(F)c1F. The van der Waals surface area contributed by atoms with E-state index in [1.807, 2.05) is 0 Å². The summed E-state index contributed by atoms with van der Waals surface area (Å²) in [5.41, 5.74) is -3.31. The van der Waals surface area contributed by atoms with E-state index in [2.05, 4.69) is 9.47 Å². The van der Waals surface area contributed by atoms with Crippen LogP contribution in [-0.4, -0.2) is 30.1 Å². The number of esters is 2. The number of carbonyl (C=O) groups excluding carboxylic acids is 2. The Morgan fingerprint density at radius 3 is 1.79 bits per heavy atom. The van der Waals surface area contributed by atoms with E-state index in [4.69, 9.17) is 0 Å². The van der Waals surface area contributed by atoms with Crippen molar-refractivity contribution in [1.82, 2.24) is 0 Å². The lowest BCUT2D eigenvalue weighted by atomic mass is 9.72. The molecule has 156 valence electrons. The molecule has 0 radical (unpaired) electrons. The average molecular weight is 412 g/mol. The molecule has 0 aliphatic carbocycles. The van der Waals surface area contributed by atoms with Crippen LogP contribution in [0.3, 0.4) is 0 Å². The van der Waals surface area contributed by atoms with Crippen LogP contribution in [-0.2, 0) is 30.5 Å². The van der Waals surface area contributed by atoms with Gasteiger partial charge in [-0.15, -0.1) is 0 Å². The Labute approximate surface area is 156 Å². The number of carbonyl (C=O) groups is 3. The number of hydrogen-bond donors (Lipinski definition) is 1. The molecule has 1 aromatic carbocycles. The molecule has 0 fully saturated rings. The van der Waals surface area contributed by atoms with Gasteiger partial charge in [0, 0.05) is 0 Å². The normalized spacial score (nSPS) is 13.6. The lowest BCUT2D eigenvalue weighted by molar-refractivity contribution is -0.172. The van der Waals surface area contributed by atoms with Crippen LogP contribution in [0.2, 0.25) is 0 Å². The summed E-state index contributed by atoms with van der Waals surface area (Å²) in [4.78, 5) is 35.5. The summed E-state index contributed by atoms with van der Waals surface area (Å²) in [5, 5.41) is 9.37. The number of halogens is 5. The third-order valence-electron chi connectivity index (χ3n) is 4.29. The van der Waals surface area contributed by atoms with Crippen molar-refractivity contribution >= 4 is 17.9 Å². The molecule has 11 heteroatoms. The first kappa shape index (κ1) is 23.3. The molecule has 28 heavy (non-hydrogen) atoms.